The maximum atomic E-state index is 5.44. The van der Waals surface area contributed by atoms with Crippen LogP contribution in [-0.2, 0) is 6.54 Å². The Balaban J connectivity index is 1.97. The van der Waals surface area contributed by atoms with Gasteiger partial charge in [0.05, 0.1) is 0 Å². The van der Waals surface area contributed by atoms with Crippen LogP contribution in [0.3, 0.4) is 0 Å². The number of aryl methyl sites for hydroxylation is 1. The molecule has 0 aliphatic rings. The quantitative estimate of drug-likeness (QED) is 0.808. The van der Waals surface area contributed by atoms with E-state index in [1.54, 1.807) is 12.1 Å². The van der Waals surface area contributed by atoms with Crippen LogP contribution in [0, 0.1) is 6.92 Å². The third-order valence-electron chi connectivity index (χ3n) is 2.13. The van der Waals surface area contributed by atoms with E-state index in [1.807, 2.05) is 25.3 Å². The molecule has 82 valence electrons. The molecule has 2 heterocycles. The molecule has 0 aliphatic carbocycles. The van der Waals surface area contributed by atoms with Crippen LogP contribution in [0.2, 0.25) is 0 Å². The lowest BCUT2D eigenvalue weighted by Gasteiger charge is -2.04. The monoisotopic (exact) mass is 215 g/mol. The van der Waals surface area contributed by atoms with E-state index in [0.717, 1.165) is 11.3 Å². The number of aromatic nitrogens is 3. The van der Waals surface area contributed by atoms with Gasteiger partial charge >= 0.3 is 0 Å². The van der Waals surface area contributed by atoms with Crippen molar-refractivity contribution in [3.8, 4) is 0 Å². The summed E-state index contributed by atoms with van der Waals surface area (Å²) in [5.41, 5.74) is 7.55. The molecule has 0 unspecified atom stereocenters. The zero-order valence-electron chi connectivity index (χ0n) is 9.01. The fourth-order valence-corrected chi connectivity index (χ4v) is 1.23. The second-order valence-corrected chi connectivity index (χ2v) is 3.50. The minimum atomic E-state index is 0.419. The van der Waals surface area contributed by atoms with E-state index in [2.05, 4.69) is 20.5 Å². The summed E-state index contributed by atoms with van der Waals surface area (Å²) in [4.78, 5) is 4.21. The highest BCUT2D eigenvalue weighted by Gasteiger charge is 1.96. The van der Waals surface area contributed by atoms with E-state index in [0.29, 0.717) is 18.2 Å². The first-order valence-corrected chi connectivity index (χ1v) is 4.98. The van der Waals surface area contributed by atoms with Crippen molar-refractivity contribution in [2.45, 2.75) is 13.5 Å². The fraction of sp³-hybridized carbons (Fsp3) is 0.182. The van der Waals surface area contributed by atoms with Gasteiger partial charge in [-0.05, 0) is 30.7 Å². The van der Waals surface area contributed by atoms with E-state index in [1.165, 1.54) is 0 Å². The molecule has 5 heteroatoms. The Morgan fingerprint density at radius 3 is 2.69 bits per heavy atom. The Morgan fingerprint density at radius 2 is 2.06 bits per heavy atom. The predicted molar refractivity (Wildman–Crippen MR) is 62.7 cm³/mol. The lowest BCUT2D eigenvalue weighted by Crippen LogP contribution is -2.03. The highest BCUT2D eigenvalue weighted by Crippen LogP contribution is 2.06. The van der Waals surface area contributed by atoms with Gasteiger partial charge in [0.15, 0.2) is 0 Å². The van der Waals surface area contributed by atoms with Crippen LogP contribution < -0.4 is 11.1 Å². The molecule has 0 amide bonds. The molecule has 0 radical (unpaired) electrons. The topological polar surface area (TPSA) is 76.7 Å². The minimum absolute atomic E-state index is 0.419. The summed E-state index contributed by atoms with van der Waals surface area (Å²) in [6.45, 7) is 2.63. The zero-order valence-corrected chi connectivity index (χ0v) is 9.01. The van der Waals surface area contributed by atoms with Gasteiger partial charge in [-0.1, -0.05) is 6.07 Å². The van der Waals surface area contributed by atoms with Crippen molar-refractivity contribution < 1.29 is 0 Å². The van der Waals surface area contributed by atoms with Crippen LogP contribution in [0.1, 0.15) is 11.3 Å². The largest absolute Gasteiger partial charge is 0.382 e. The average Bonchev–Trinajstić information content (AvgIpc) is 2.30. The number of nitrogens with two attached hydrogens (primary N) is 1. The SMILES string of the molecule is Cc1ccc(CNc2ccc(N)nn2)cn1. The molecule has 0 saturated carbocycles. The average molecular weight is 215 g/mol. The molecule has 0 spiro atoms. The predicted octanol–water partition coefficient (Wildman–Crippen LogP) is 1.37. The van der Waals surface area contributed by atoms with Crippen molar-refractivity contribution in [3.63, 3.8) is 0 Å². The third kappa shape index (κ3) is 2.66. The first kappa shape index (κ1) is 10.4. The highest BCUT2D eigenvalue weighted by molar-refractivity contribution is 5.38. The number of anilines is 2. The zero-order chi connectivity index (χ0) is 11.4. The molecule has 3 N–H and O–H groups in total. The molecule has 5 nitrogen and oxygen atoms in total. The fourth-order valence-electron chi connectivity index (χ4n) is 1.23. The van der Waals surface area contributed by atoms with Crippen LogP contribution in [0.15, 0.2) is 30.5 Å². The Morgan fingerprint density at radius 1 is 1.19 bits per heavy atom. The maximum Gasteiger partial charge on any atom is 0.149 e. The molecule has 2 rings (SSSR count). The lowest BCUT2D eigenvalue weighted by atomic mass is 10.2. The molecule has 0 bridgehead atoms. The van der Waals surface area contributed by atoms with Gasteiger partial charge in [0.2, 0.25) is 0 Å². The Kier molecular flexibility index (Phi) is 2.95. The highest BCUT2D eigenvalue weighted by atomic mass is 15.2. The molecular formula is C11H13N5. The van der Waals surface area contributed by atoms with Crippen molar-refractivity contribution in [2.75, 3.05) is 11.1 Å². The number of nitrogens with zero attached hydrogens (tertiary/aromatic N) is 3. The number of pyridine rings is 1. The molecule has 0 fully saturated rings. The van der Waals surface area contributed by atoms with E-state index in [-0.39, 0.29) is 0 Å². The second-order valence-electron chi connectivity index (χ2n) is 3.50. The molecule has 0 atom stereocenters. The minimum Gasteiger partial charge on any atom is -0.382 e. The Labute approximate surface area is 93.7 Å². The van der Waals surface area contributed by atoms with Crippen molar-refractivity contribution in [3.05, 3.63) is 41.7 Å². The molecule has 0 aromatic carbocycles. The van der Waals surface area contributed by atoms with Crippen molar-refractivity contribution in [1.82, 2.24) is 15.2 Å². The Hall–Kier alpha value is -2.17. The molecule has 2 aromatic rings. The van der Waals surface area contributed by atoms with Crippen LogP contribution in [-0.4, -0.2) is 15.2 Å². The summed E-state index contributed by atoms with van der Waals surface area (Å²) in [5.74, 6) is 1.12. The van der Waals surface area contributed by atoms with Crippen LogP contribution in [0.25, 0.3) is 0 Å². The van der Waals surface area contributed by atoms with Gasteiger partial charge in [0, 0.05) is 18.4 Å². The summed E-state index contributed by atoms with van der Waals surface area (Å²) in [6, 6.07) is 7.51. The maximum absolute atomic E-state index is 5.44. The number of rotatable bonds is 3. The van der Waals surface area contributed by atoms with Crippen molar-refractivity contribution in [2.24, 2.45) is 0 Å². The molecular weight excluding hydrogens is 202 g/mol. The first-order valence-electron chi connectivity index (χ1n) is 4.98. The number of nitrogens with one attached hydrogen (secondary N) is 1. The van der Waals surface area contributed by atoms with E-state index < -0.39 is 0 Å². The summed E-state index contributed by atoms with van der Waals surface area (Å²) in [6.07, 6.45) is 1.84. The normalized spacial score (nSPS) is 10.1. The number of nitrogen functional groups attached to an aromatic ring is 1. The molecule has 0 saturated heterocycles. The number of hydrogen-bond acceptors (Lipinski definition) is 5. The summed E-state index contributed by atoms with van der Waals surface area (Å²) in [7, 11) is 0. The van der Waals surface area contributed by atoms with Gasteiger partial charge in [0.25, 0.3) is 0 Å². The van der Waals surface area contributed by atoms with Gasteiger partial charge in [-0.25, -0.2) is 0 Å². The van der Waals surface area contributed by atoms with E-state index in [4.69, 9.17) is 5.73 Å². The van der Waals surface area contributed by atoms with E-state index in [9.17, 15) is 0 Å². The molecule has 2 aromatic heterocycles. The van der Waals surface area contributed by atoms with Gasteiger partial charge in [-0.15, -0.1) is 10.2 Å². The summed E-state index contributed by atoms with van der Waals surface area (Å²) in [5, 5.41) is 10.8. The van der Waals surface area contributed by atoms with Crippen LogP contribution in [0.5, 0.6) is 0 Å². The van der Waals surface area contributed by atoms with Crippen LogP contribution in [0.4, 0.5) is 11.6 Å². The second kappa shape index (κ2) is 4.57. The van der Waals surface area contributed by atoms with Gasteiger partial charge in [-0.3, -0.25) is 4.98 Å². The summed E-state index contributed by atoms with van der Waals surface area (Å²) < 4.78 is 0. The molecule has 16 heavy (non-hydrogen) atoms. The molecule has 0 aliphatic heterocycles. The van der Waals surface area contributed by atoms with Gasteiger partial charge in [-0.2, -0.15) is 0 Å². The number of hydrogen-bond donors (Lipinski definition) is 2. The lowest BCUT2D eigenvalue weighted by molar-refractivity contribution is 1.00. The van der Waals surface area contributed by atoms with Crippen molar-refractivity contribution in [1.29, 1.82) is 0 Å². The van der Waals surface area contributed by atoms with Crippen LogP contribution >= 0.6 is 0 Å². The first-order chi connectivity index (χ1) is 7.74. The van der Waals surface area contributed by atoms with E-state index >= 15 is 0 Å². The Bertz CT molecular complexity index is 403. The summed E-state index contributed by atoms with van der Waals surface area (Å²) >= 11 is 0. The smallest absolute Gasteiger partial charge is 0.149 e. The standard InChI is InChI=1S/C11H13N5/c1-8-2-3-9(6-13-8)7-14-11-5-4-10(12)15-16-11/h2-6H,7H2,1H3,(H2,12,15)(H,14,16). The van der Waals surface area contributed by atoms with Crippen molar-refractivity contribution >= 4 is 11.6 Å². The van der Waals surface area contributed by atoms with Gasteiger partial charge < -0.3 is 11.1 Å². The van der Waals surface area contributed by atoms with Gasteiger partial charge in [0.1, 0.15) is 11.6 Å². The third-order valence-corrected chi connectivity index (χ3v) is 2.13.